The van der Waals surface area contributed by atoms with E-state index in [2.05, 4.69) is 13.8 Å². The van der Waals surface area contributed by atoms with Gasteiger partial charge in [-0.1, -0.05) is 142 Å². The van der Waals surface area contributed by atoms with Crippen molar-refractivity contribution in [2.45, 2.75) is 148 Å². The van der Waals surface area contributed by atoms with E-state index in [1.54, 1.807) is 0 Å². The van der Waals surface area contributed by atoms with Crippen molar-refractivity contribution in [1.82, 2.24) is 0 Å². The van der Waals surface area contributed by atoms with Crippen LogP contribution >= 0.6 is 8.17 Å². The highest BCUT2D eigenvalue weighted by Gasteiger charge is 2.22. The summed E-state index contributed by atoms with van der Waals surface area (Å²) in [5, 5.41) is 10.5. The molecule has 1 rings (SSSR count). The van der Waals surface area contributed by atoms with E-state index in [0.29, 0.717) is 18.8 Å². The lowest BCUT2D eigenvalue weighted by Gasteiger charge is -2.32. The third-order valence-electron chi connectivity index (χ3n) is 7.70. The number of hydrogen-bond donors (Lipinski definition) is 0. The molecule has 45 heavy (non-hydrogen) atoms. The average Bonchev–Trinajstić information content (AvgIpc) is 3.02. The van der Waals surface area contributed by atoms with Gasteiger partial charge in [0.2, 0.25) is 14.4 Å². The molecule has 0 spiro atoms. The van der Waals surface area contributed by atoms with Crippen molar-refractivity contribution in [3.05, 3.63) is 46.1 Å². The van der Waals surface area contributed by atoms with Gasteiger partial charge in [-0.3, -0.25) is 10.1 Å². The molecule has 0 bridgehead atoms. The SMILES string of the molecule is CCCCCCCCCCCCOCC(CO[P+]([O-])([O-])Oc1ccc(/C=C/[N+](=O)[O-])cc1)OCCCCCCCCCCCC. The predicted octanol–water partition coefficient (Wildman–Crippen LogP) is 8.97. The summed E-state index contributed by atoms with van der Waals surface area (Å²) in [5.41, 5.74) is 0.542. The molecule has 10 heteroatoms. The molecule has 0 saturated carbocycles. The molecule has 0 heterocycles. The smallest absolute Gasteiger partial charge is 0.247 e. The van der Waals surface area contributed by atoms with Crippen LogP contribution in [0.25, 0.3) is 6.08 Å². The summed E-state index contributed by atoms with van der Waals surface area (Å²) in [5.74, 6) is 0.0617. The van der Waals surface area contributed by atoms with Gasteiger partial charge in [-0.25, -0.2) is 4.52 Å². The molecule has 0 aliphatic heterocycles. The molecule has 0 aliphatic carbocycles. The Morgan fingerprint density at radius 3 is 1.64 bits per heavy atom. The number of hydrogen-bond acceptors (Lipinski definition) is 8. The number of benzene rings is 1. The summed E-state index contributed by atoms with van der Waals surface area (Å²) in [6.45, 7) is 5.67. The normalized spacial score (nSPS) is 12.6. The van der Waals surface area contributed by atoms with Crippen LogP contribution in [0.3, 0.4) is 0 Å². The summed E-state index contributed by atoms with van der Waals surface area (Å²) in [6, 6.07) is 5.88. The Bertz CT molecular complexity index is 853. The molecule has 0 amide bonds. The van der Waals surface area contributed by atoms with Gasteiger partial charge in [-0.05, 0) is 30.5 Å². The molecule has 0 aliphatic rings. The summed E-state index contributed by atoms with van der Waals surface area (Å²) < 4.78 is 22.1. The number of phosphoric ester groups is 1. The number of unbranched alkanes of at least 4 members (excludes halogenated alkanes) is 18. The molecule has 1 aromatic rings. The lowest BCUT2D eigenvalue weighted by Crippen LogP contribution is -2.34. The number of phosphoric acid groups is 1. The maximum absolute atomic E-state index is 12.5. The Labute approximate surface area is 273 Å². The number of rotatable bonds is 32. The Morgan fingerprint density at radius 2 is 1.16 bits per heavy atom. The van der Waals surface area contributed by atoms with Gasteiger partial charge >= 0.3 is 0 Å². The van der Waals surface area contributed by atoms with Crippen LogP contribution in [0.15, 0.2) is 30.5 Å². The minimum Gasteiger partial charge on any atom is -0.627 e. The standard InChI is InChI=1S/C35H62NO8P/c1-3-5-7-9-11-13-15-17-19-21-29-41-31-35(42-30-22-20-18-16-14-12-10-8-6-4-2)32-43-45(39,40)44-34-25-23-33(24-26-34)27-28-36(37)38/h23-28,35H,3-22,29-32H2,1-2H3,(H,39,40)/p-1/b28-27+. The largest absolute Gasteiger partial charge is 0.627 e. The first-order valence-electron chi connectivity index (χ1n) is 17.6. The number of ether oxygens (including phenoxy) is 2. The third kappa shape index (κ3) is 26.2. The molecule has 1 atom stereocenters. The van der Waals surface area contributed by atoms with Crippen LogP contribution in [0.1, 0.15) is 148 Å². The van der Waals surface area contributed by atoms with E-state index in [9.17, 15) is 19.9 Å². The quantitative estimate of drug-likeness (QED) is 0.0326. The number of nitro groups is 1. The highest BCUT2D eigenvalue weighted by molar-refractivity contribution is 7.51. The van der Waals surface area contributed by atoms with Crippen molar-refractivity contribution in [2.24, 2.45) is 0 Å². The Balaban J connectivity index is 2.39. The van der Waals surface area contributed by atoms with E-state index in [1.807, 2.05) is 0 Å². The zero-order valence-electron chi connectivity index (χ0n) is 28.2. The van der Waals surface area contributed by atoms with Gasteiger partial charge in [0.1, 0.15) is 12.7 Å². The van der Waals surface area contributed by atoms with Crippen molar-refractivity contribution >= 4 is 14.2 Å². The van der Waals surface area contributed by atoms with Crippen LogP contribution in [0.5, 0.6) is 5.75 Å². The minimum atomic E-state index is -4.66. The second-order valence-corrected chi connectivity index (χ2v) is 13.3. The molecular formula is C35H61NO8P-. The zero-order chi connectivity index (χ0) is 32.9. The van der Waals surface area contributed by atoms with Gasteiger partial charge in [0.15, 0.2) is 5.75 Å². The monoisotopic (exact) mass is 654 g/mol. The van der Waals surface area contributed by atoms with Gasteiger partial charge in [0.25, 0.3) is 0 Å². The molecule has 0 saturated heterocycles. The van der Waals surface area contributed by atoms with Crippen molar-refractivity contribution in [3.8, 4) is 5.75 Å². The average molecular weight is 655 g/mol. The van der Waals surface area contributed by atoms with Crippen LogP contribution in [-0.4, -0.2) is 37.5 Å². The fraction of sp³-hybridized carbons (Fsp3) is 0.771. The van der Waals surface area contributed by atoms with Gasteiger partial charge < -0.3 is 23.8 Å². The van der Waals surface area contributed by atoms with Crippen LogP contribution in [0.4, 0.5) is 0 Å². The maximum atomic E-state index is 12.5. The first-order chi connectivity index (χ1) is 21.9. The molecule has 0 aromatic heterocycles. The molecule has 9 nitrogen and oxygen atoms in total. The van der Waals surface area contributed by atoms with Gasteiger partial charge in [-0.15, -0.1) is 0 Å². The Kier molecular flexibility index (Phi) is 26.3. The van der Waals surface area contributed by atoms with Gasteiger partial charge in [-0.2, -0.15) is 0 Å². The Hall–Kier alpha value is -1.61. The molecule has 260 valence electrons. The van der Waals surface area contributed by atoms with Crippen LogP contribution < -0.4 is 14.3 Å². The van der Waals surface area contributed by atoms with E-state index in [0.717, 1.165) is 31.9 Å². The first kappa shape index (κ1) is 41.4. The molecule has 1 unspecified atom stereocenters. The second kappa shape index (κ2) is 28.6. The summed E-state index contributed by atoms with van der Waals surface area (Å²) in [6.07, 6.45) is 26.4. The third-order valence-corrected chi connectivity index (χ3v) is 8.60. The topological polar surface area (TPSA) is 126 Å². The predicted molar refractivity (Wildman–Crippen MR) is 180 cm³/mol. The van der Waals surface area contributed by atoms with Gasteiger partial charge in [0, 0.05) is 19.3 Å². The summed E-state index contributed by atoms with van der Waals surface area (Å²) in [4.78, 5) is 35.0. The van der Waals surface area contributed by atoms with E-state index >= 15 is 0 Å². The second-order valence-electron chi connectivity index (χ2n) is 11.9. The summed E-state index contributed by atoms with van der Waals surface area (Å²) in [7, 11) is -4.66. The zero-order valence-corrected chi connectivity index (χ0v) is 29.1. The molecular weight excluding hydrogens is 593 g/mol. The lowest BCUT2D eigenvalue weighted by molar-refractivity contribution is -0.400. The van der Waals surface area contributed by atoms with Crippen molar-refractivity contribution < 1.29 is 33.2 Å². The van der Waals surface area contributed by atoms with Gasteiger partial charge in [0.05, 0.1) is 11.5 Å². The molecule has 0 N–H and O–H groups in total. The van der Waals surface area contributed by atoms with Crippen LogP contribution in [0.2, 0.25) is 0 Å². The van der Waals surface area contributed by atoms with Crippen molar-refractivity contribution in [2.75, 3.05) is 26.4 Å². The minimum absolute atomic E-state index is 0.0617. The van der Waals surface area contributed by atoms with E-state index in [1.165, 1.54) is 133 Å². The fourth-order valence-corrected chi connectivity index (χ4v) is 5.79. The maximum Gasteiger partial charge on any atom is 0.247 e. The van der Waals surface area contributed by atoms with E-state index in [-0.39, 0.29) is 19.0 Å². The molecule has 1 aromatic carbocycles. The highest BCUT2D eigenvalue weighted by atomic mass is 31.2. The van der Waals surface area contributed by atoms with Crippen LogP contribution in [-0.2, 0) is 14.0 Å². The number of nitrogens with zero attached hydrogens (tertiary/aromatic N) is 1. The van der Waals surface area contributed by atoms with E-state index in [4.69, 9.17) is 18.5 Å². The lowest BCUT2D eigenvalue weighted by atomic mass is 10.1. The first-order valence-corrected chi connectivity index (χ1v) is 19.1. The fourth-order valence-electron chi connectivity index (χ4n) is 5.01. The molecule has 0 radical (unpaired) electrons. The van der Waals surface area contributed by atoms with Crippen molar-refractivity contribution in [1.29, 1.82) is 0 Å². The van der Waals surface area contributed by atoms with Crippen LogP contribution in [0, 0.1) is 10.1 Å². The highest BCUT2D eigenvalue weighted by Crippen LogP contribution is 2.43. The summed E-state index contributed by atoms with van der Waals surface area (Å²) >= 11 is 0. The Morgan fingerprint density at radius 1 is 0.689 bits per heavy atom. The van der Waals surface area contributed by atoms with E-state index < -0.39 is 19.2 Å². The molecule has 0 fully saturated rings. The van der Waals surface area contributed by atoms with Crippen molar-refractivity contribution in [3.63, 3.8) is 0 Å².